The fourth-order valence-corrected chi connectivity index (χ4v) is 4.63. The summed E-state index contributed by atoms with van der Waals surface area (Å²) in [6, 6.07) is 16.3. The van der Waals surface area contributed by atoms with Crippen molar-refractivity contribution in [1.82, 2.24) is 15.2 Å². The summed E-state index contributed by atoms with van der Waals surface area (Å²) < 4.78 is 14.2. The molecule has 31 heavy (non-hydrogen) atoms. The Kier molecular flexibility index (Phi) is 6.48. The van der Waals surface area contributed by atoms with Gasteiger partial charge >= 0.3 is 0 Å². The second-order valence-electron chi connectivity index (χ2n) is 7.09. The first-order chi connectivity index (χ1) is 15.0. The summed E-state index contributed by atoms with van der Waals surface area (Å²) in [4.78, 5) is 29.9. The molecule has 1 aliphatic rings. The summed E-state index contributed by atoms with van der Waals surface area (Å²) in [5, 5.41) is 4.02. The number of para-hydroxylation sites is 1. The van der Waals surface area contributed by atoms with Gasteiger partial charge in [0.2, 0.25) is 5.91 Å². The van der Waals surface area contributed by atoms with E-state index in [9.17, 15) is 14.0 Å². The Morgan fingerprint density at radius 3 is 2.77 bits per heavy atom. The third-order valence-electron chi connectivity index (χ3n) is 4.93. The van der Waals surface area contributed by atoms with Crippen LogP contribution in [0.4, 0.5) is 4.39 Å². The number of hydrogen-bond donors (Lipinski definition) is 2. The van der Waals surface area contributed by atoms with Crippen LogP contribution in [-0.4, -0.2) is 39.1 Å². The number of hydrogen-bond acceptors (Lipinski definition) is 4. The average molecular weight is 454 g/mol. The van der Waals surface area contributed by atoms with E-state index >= 15 is 0 Å². The number of thioether (sulfide) groups is 1. The normalized spacial score (nSPS) is 15.3. The highest BCUT2D eigenvalue weighted by Crippen LogP contribution is 2.32. The molecule has 0 radical (unpaired) electrons. The van der Waals surface area contributed by atoms with Gasteiger partial charge in [-0.25, -0.2) is 4.39 Å². The molecular formula is C23H20FN3O2S2. The van der Waals surface area contributed by atoms with E-state index in [1.165, 1.54) is 17.0 Å². The third-order valence-corrected chi connectivity index (χ3v) is 6.31. The van der Waals surface area contributed by atoms with Crippen LogP contribution >= 0.6 is 24.0 Å². The number of nitrogens with one attached hydrogen (secondary N) is 2. The highest BCUT2D eigenvalue weighted by Gasteiger charge is 2.32. The van der Waals surface area contributed by atoms with Gasteiger partial charge in [-0.15, -0.1) is 0 Å². The minimum absolute atomic E-state index is 0.145. The van der Waals surface area contributed by atoms with E-state index in [1.54, 1.807) is 18.2 Å². The SMILES string of the molecule is O=C(CCN1C(=O)/C(=C/c2ccccc2F)SC1=S)NCCc1cc2ccccc2[nH]1. The van der Waals surface area contributed by atoms with Crippen molar-refractivity contribution >= 4 is 57.1 Å². The van der Waals surface area contributed by atoms with Crippen LogP contribution in [0.1, 0.15) is 17.7 Å². The maximum absolute atomic E-state index is 13.9. The Labute approximate surface area is 188 Å². The van der Waals surface area contributed by atoms with Gasteiger partial charge in [0.05, 0.1) is 4.91 Å². The molecule has 0 aliphatic carbocycles. The number of benzene rings is 2. The van der Waals surface area contributed by atoms with Gasteiger partial charge in [-0.05, 0) is 29.7 Å². The summed E-state index contributed by atoms with van der Waals surface area (Å²) in [5.41, 5.74) is 2.45. The summed E-state index contributed by atoms with van der Waals surface area (Å²) >= 11 is 6.40. The second-order valence-corrected chi connectivity index (χ2v) is 8.76. The van der Waals surface area contributed by atoms with Crippen LogP contribution in [0.25, 0.3) is 17.0 Å². The molecule has 1 aromatic heterocycles. The zero-order valence-electron chi connectivity index (χ0n) is 16.6. The maximum atomic E-state index is 13.9. The van der Waals surface area contributed by atoms with Crippen LogP contribution in [0.2, 0.25) is 0 Å². The van der Waals surface area contributed by atoms with Gasteiger partial charge in [0, 0.05) is 42.7 Å². The van der Waals surface area contributed by atoms with Crippen LogP contribution in [0.5, 0.6) is 0 Å². The summed E-state index contributed by atoms with van der Waals surface area (Å²) in [6.45, 7) is 0.689. The lowest BCUT2D eigenvalue weighted by molar-refractivity contribution is -0.123. The van der Waals surface area contributed by atoms with Gasteiger partial charge in [-0.1, -0.05) is 60.4 Å². The Bertz CT molecular complexity index is 1160. The minimum Gasteiger partial charge on any atom is -0.358 e. The fourth-order valence-electron chi connectivity index (χ4n) is 3.33. The van der Waals surface area contributed by atoms with E-state index in [2.05, 4.69) is 16.4 Å². The van der Waals surface area contributed by atoms with E-state index < -0.39 is 5.82 Å². The molecule has 1 aliphatic heterocycles. The molecule has 0 unspecified atom stereocenters. The molecule has 1 fully saturated rings. The van der Waals surface area contributed by atoms with Crippen molar-refractivity contribution in [3.8, 4) is 0 Å². The predicted molar refractivity (Wildman–Crippen MR) is 126 cm³/mol. The lowest BCUT2D eigenvalue weighted by atomic mass is 10.2. The molecule has 1 saturated heterocycles. The van der Waals surface area contributed by atoms with Gasteiger partial charge < -0.3 is 10.3 Å². The highest BCUT2D eigenvalue weighted by molar-refractivity contribution is 8.26. The number of amides is 2. The van der Waals surface area contributed by atoms with Crippen LogP contribution < -0.4 is 5.32 Å². The van der Waals surface area contributed by atoms with Crippen LogP contribution in [0.3, 0.4) is 0 Å². The van der Waals surface area contributed by atoms with E-state index in [0.717, 1.165) is 28.4 Å². The van der Waals surface area contributed by atoms with Crippen molar-refractivity contribution in [2.45, 2.75) is 12.8 Å². The Morgan fingerprint density at radius 1 is 1.19 bits per heavy atom. The average Bonchev–Trinajstić information content (AvgIpc) is 3.28. The predicted octanol–water partition coefficient (Wildman–Crippen LogP) is 4.26. The van der Waals surface area contributed by atoms with Gasteiger partial charge in [0.25, 0.3) is 5.91 Å². The molecule has 8 heteroatoms. The molecule has 0 atom stereocenters. The number of H-pyrrole nitrogens is 1. The molecule has 0 bridgehead atoms. The topological polar surface area (TPSA) is 65.2 Å². The first kappa shape index (κ1) is 21.3. The molecule has 2 aromatic carbocycles. The number of carbonyl (C=O) groups excluding carboxylic acids is 2. The van der Waals surface area contributed by atoms with Crippen LogP contribution in [-0.2, 0) is 16.0 Å². The van der Waals surface area contributed by atoms with E-state index in [4.69, 9.17) is 12.2 Å². The van der Waals surface area contributed by atoms with E-state index in [-0.39, 0.29) is 24.8 Å². The molecule has 0 saturated carbocycles. The molecule has 158 valence electrons. The molecule has 2 heterocycles. The number of thiocarbonyl (C=S) groups is 1. The first-order valence-electron chi connectivity index (χ1n) is 9.84. The van der Waals surface area contributed by atoms with Crippen LogP contribution in [0.15, 0.2) is 59.5 Å². The lowest BCUT2D eigenvalue weighted by Gasteiger charge is -2.14. The van der Waals surface area contributed by atoms with Gasteiger partial charge in [-0.3, -0.25) is 14.5 Å². The van der Waals surface area contributed by atoms with Crippen LogP contribution in [0, 0.1) is 5.82 Å². The Morgan fingerprint density at radius 2 is 1.97 bits per heavy atom. The smallest absolute Gasteiger partial charge is 0.266 e. The van der Waals surface area contributed by atoms with Crippen molar-refractivity contribution in [3.05, 3.63) is 76.6 Å². The highest BCUT2D eigenvalue weighted by atomic mass is 32.2. The van der Waals surface area contributed by atoms with E-state index in [1.807, 2.05) is 24.3 Å². The summed E-state index contributed by atoms with van der Waals surface area (Å²) in [5.74, 6) is -0.852. The fraction of sp³-hybridized carbons (Fsp3) is 0.174. The largest absolute Gasteiger partial charge is 0.358 e. The van der Waals surface area contributed by atoms with E-state index in [0.29, 0.717) is 27.8 Å². The molecule has 4 rings (SSSR count). The maximum Gasteiger partial charge on any atom is 0.266 e. The number of carbonyl (C=O) groups is 2. The number of aromatic nitrogens is 1. The monoisotopic (exact) mass is 453 g/mol. The Balaban J connectivity index is 1.27. The first-order valence-corrected chi connectivity index (χ1v) is 11.1. The van der Waals surface area contributed by atoms with Crippen molar-refractivity contribution in [2.24, 2.45) is 0 Å². The number of fused-ring (bicyclic) bond motifs is 1. The van der Waals surface area contributed by atoms with Crippen molar-refractivity contribution < 1.29 is 14.0 Å². The standard InChI is InChI=1S/C23H20FN3O2S2/c24-18-7-3-1-5-15(18)14-20-22(29)27(23(30)31-20)12-10-21(28)25-11-9-17-13-16-6-2-4-8-19(16)26-17/h1-8,13-14,26H,9-12H2,(H,25,28)/b20-14-. The number of halogens is 1. The Hall–Kier alpha value is -2.97. The molecule has 2 amide bonds. The summed E-state index contributed by atoms with van der Waals surface area (Å²) in [6.07, 6.45) is 2.33. The number of rotatable bonds is 7. The number of aromatic amines is 1. The lowest BCUT2D eigenvalue weighted by Crippen LogP contribution is -2.34. The molecule has 5 nitrogen and oxygen atoms in total. The number of nitrogens with zero attached hydrogens (tertiary/aromatic N) is 1. The van der Waals surface area contributed by atoms with Gasteiger partial charge in [0.15, 0.2) is 0 Å². The second kappa shape index (κ2) is 9.45. The molecule has 0 spiro atoms. The van der Waals surface area contributed by atoms with Crippen molar-refractivity contribution in [3.63, 3.8) is 0 Å². The molecule has 3 aromatic rings. The third kappa shape index (κ3) is 5.03. The minimum atomic E-state index is -0.401. The van der Waals surface area contributed by atoms with Crippen molar-refractivity contribution in [2.75, 3.05) is 13.1 Å². The van der Waals surface area contributed by atoms with Gasteiger partial charge in [0.1, 0.15) is 10.1 Å². The molecular weight excluding hydrogens is 433 g/mol. The van der Waals surface area contributed by atoms with Crippen molar-refractivity contribution in [1.29, 1.82) is 0 Å². The summed E-state index contributed by atoms with van der Waals surface area (Å²) in [7, 11) is 0. The molecule has 2 N–H and O–H groups in total. The zero-order valence-corrected chi connectivity index (χ0v) is 18.2. The zero-order chi connectivity index (χ0) is 21.8. The van der Waals surface area contributed by atoms with Gasteiger partial charge in [-0.2, -0.15) is 0 Å². The quantitative estimate of drug-likeness (QED) is 0.415.